The van der Waals surface area contributed by atoms with Crippen LogP contribution in [0.4, 0.5) is 14.9 Å². The number of hydrogen-bond acceptors (Lipinski definition) is 3. The number of amides is 1. The van der Waals surface area contributed by atoms with Gasteiger partial charge in [-0.1, -0.05) is 70.2 Å². The second-order valence-electron chi connectivity index (χ2n) is 5.79. The van der Waals surface area contributed by atoms with Gasteiger partial charge in [0, 0.05) is 6.04 Å². The standard InChI is InChI=1S/C18H21FN2O2.C3H6.2C2H6/c1-13-8-9-17(16(19)10-13)21-18(22)23-12-15(20-2)11-14-6-4-3-5-7-14;1-3-2;2*1-2/h3-10,15,20H,11-12H2,1-2H3,(H,21,22);3H,1H2,2H3;2*1-2H3/t15-;;;/m1.../s1. The van der Waals surface area contributed by atoms with Gasteiger partial charge in [0.1, 0.15) is 12.4 Å². The van der Waals surface area contributed by atoms with E-state index in [4.69, 9.17) is 4.74 Å². The summed E-state index contributed by atoms with van der Waals surface area (Å²) in [7, 11) is 1.81. The van der Waals surface area contributed by atoms with Gasteiger partial charge in [-0.2, -0.15) is 0 Å². The van der Waals surface area contributed by atoms with Crippen molar-refractivity contribution in [3.05, 3.63) is 78.1 Å². The van der Waals surface area contributed by atoms with Gasteiger partial charge in [-0.25, -0.2) is 9.18 Å². The summed E-state index contributed by atoms with van der Waals surface area (Å²) in [5.41, 5.74) is 2.06. The Morgan fingerprint density at radius 2 is 1.70 bits per heavy atom. The van der Waals surface area contributed by atoms with Crippen LogP contribution in [0.1, 0.15) is 45.7 Å². The van der Waals surface area contributed by atoms with Gasteiger partial charge < -0.3 is 10.1 Å². The molecule has 2 aromatic carbocycles. The number of allylic oxidation sites excluding steroid dienone is 1. The number of halogens is 1. The minimum Gasteiger partial charge on any atom is -0.448 e. The molecule has 0 fully saturated rings. The first-order valence-electron chi connectivity index (χ1n) is 10.5. The van der Waals surface area contributed by atoms with Crippen LogP contribution < -0.4 is 10.6 Å². The van der Waals surface area contributed by atoms with Crippen LogP contribution in [-0.4, -0.2) is 25.8 Å². The van der Waals surface area contributed by atoms with Gasteiger partial charge >= 0.3 is 6.09 Å². The second-order valence-corrected chi connectivity index (χ2v) is 5.79. The molecule has 1 amide bonds. The smallest absolute Gasteiger partial charge is 0.411 e. The Kier molecular flexibility index (Phi) is 19.3. The number of rotatable bonds is 6. The lowest BCUT2D eigenvalue weighted by Crippen LogP contribution is -2.34. The molecule has 168 valence electrons. The highest BCUT2D eigenvalue weighted by atomic mass is 19.1. The molecule has 1 atom stereocenters. The molecule has 0 heterocycles. The summed E-state index contributed by atoms with van der Waals surface area (Å²) in [6, 6.07) is 14.5. The molecular formula is C25H39FN2O2. The number of carbonyl (C=O) groups excluding carboxylic acids is 1. The second kappa shape index (κ2) is 19.6. The van der Waals surface area contributed by atoms with Gasteiger partial charge in [-0.05, 0) is 50.6 Å². The van der Waals surface area contributed by atoms with Gasteiger partial charge in [0.2, 0.25) is 0 Å². The predicted molar refractivity (Wildman–Crippen MR) is 128 cm³/mol. The number of benzene rings is 2. The first kappa shape index (κ1) is 29.5. The number of likely N-dealkylation sites (N-methyl/N-ethyl adjacent to an activating group) is 1. The fourth-order valence-corrected chi connectivity index (χ4v) is 2.19. The lowest BCUT2D eigenvalue weighted by atomic mass is 10.1. The highest BCUT2D eigenvalue weighted by molar-refractivity contribution is 5.84. The molecule has 2 rings (SSSR count). The quantitative estimate of drug-likeness (QED) is 0.510. The normalized spacial score (nSPS) is 9.87. The van der Waals surface area contributed by atoms with E-state index in [2.05, 4.69) is 17.2 Å². The van der Waals surface area contributed by atoms with E-state index in [1.165, 1.54) is 12.1 Å². The van der Waals surface area contributed by atoms with Gasteiger partial charge in [0.05, 0.1) is 5.69 Å². The third-order valence-electron chi connectivity index (χ3n) is 3.51. The van der Waals surface area contributed by atoms with E-state index < -0.39 is 11.9 Å². The number of nitrogens with one attached hydrogen (secondary N) is 2. The van der Waals surface area contributed by atoms with Gasteiger partial charge in [-0.3, -0.25) is 5.32 Å². The van der Waals surface area contributed by atoms with Crippen molar-refractivity contribution < 1.29 is 13.9 Å². The fraction of sp³-hybridized carbons (Fsp3) is 0.400. The Labute approximate surface area is 182 Å². The average molecular weight is 419 g/mol. The molecule has 5 heteroatoms. The third kappa shape index (κ3) is 13.5. The molecule has 2 N–H and O–H groups in total. The van der Waals surface area contributed by atoms with Gasteiger partial charge in [0.25, 0.3) is 0 Å². The van der Waals surface area contributed by atoms with Gasteiger partial charge in [0.15, 0.2) is 0 Å². The maximum atomic E-state index is 13.7. The number of carbonyl (C=O) groups is 1. The molecule has 2 aromatic rings. The van der Waals surface area contributed by atoms with Crippen molar-refractivity contribution in [3.8, 4) is 0 Å². The fourth-order valence-electron chi connectivity index (χ4n) is 2.19. The van der Waals surface area contributed by atoms with Crippen molar-refractivity contribution in [1.29, 1.82) is 0 Å². The first-order valence-corrected chi connectivity index (χ1v) is 10.5. The number of anilines is 1. The van der Waals surface area contributed by atoms with Crippen LogP contribution in [0.5, 0.6) is 0 Å². The molecule has 0 unspecified atom stereocenters. The molecule has 0 saturated heterocycles. The van der Waals surface area contributed by atoms with Crippen molar-refractivity contribution in [1.82, 2.24) is 5.32 Å². The van der Waals surface area contributed by atoms with Crippen LogP contribution >= 0.6 is 0 Å². The van der Waals surface area contributed by atoms with E-state index in [1.54, 1.807) is 19.1 Å². The van der Waals surface area contributed by atoms with Crippen molar-refractivity contribution in [2.75, 3.05) is 19.0 Å². The van der Waals surface area contributed by atoms with Crippen LogP contribution in [0.3, 0.4) is 0 Å². The maximum absolute atomic E-state index is 13.7. The lowest BCUT2D eigenvalue weighted by Gasteiger charge is -2.16. The Balaban J connectivity index is 0. The van der Waals surface area contributed by atoms with E-state index >= 15 is 0 Å². The summed E-state index contributed by atoms with van der Waals surface area (Å²) >= 11 is 0. The molecular weight excluding hydrogens is 379 g/mol. The third-order valence-corrected chi connectivity index (χ3v) is 3.51. The van der Waals surface area contributed by atoms with Crippen molar-refractivity contribution in [2.24, 2.45) is 0 Å². The number of aryl methyl sites for hydroxylation is 1. The minimum absolute atomic E-state index is 0.00832. The zero-order valence-electron chi connectivity index (χ0n) is 19.6. The summed E-state index contributed by atoms with van der Waals surface area (Å²) in [4.78, 5) is 11.8. The zero-order chi connectivity index (χ0) is 23.4. The van der Waals surface area contributed by atoms with E-state index in [1.807, 2.05) is 72.0 Å². The highest BCUT2D eigenvalue weighted by Gasteiger charge is 2.12. The highest BCUT2D eigenvalue weighted by Crippen LogP contribution is 2.15. The Bertz CT molecular complexity index is 691. The predicted octanol–water partition coefficient (Wildman–Crippen LogP) is 6.76. The topological polar surface area (TPSA) is 50.4 Å². The zero-order valence-corrected chi connectivity index (χ0v) is 19.6. The van der Waals surface area contributed by atoms with E-state index in [9.17, 15) is 9.18 Å². The monoisotopic (exact) mass is 418 g/mol. The lowest BCUT2D eigenvalue weighted by molar-refractivity contribution is 0.149. The molecule has 0 bridgehead atoms. The van der Waals surface area contributed by atoms with Gasteiger partial charge in [-0.15, -0.1) is 6.58 Å². The summed E-state index contributed by atoms with van der Waals surface area (Å²) in [6.45, 7) is 15.2. The molecule has 0 radical (unpaired) electrons. The van der Waals surface area contributed by atoms with Crippen LogP contribution in [0.25, 0.3) is 0 Å². The maximum Gasteiger partial charge on any atom is 0.411 e. The SMILES string of the molecule is C=CC.CC.CC.CN[C@@H](COC(=O)Nc1ccc(C)cc1F)Cc1ccccc1. The molecule has 0 aliphatic rings. The van der Waals surface area contributed by atoms with Crippen molar-refractivity contribution in [2.45, 2.75) is 54.0 Å². The molecule has 4 nitrogen and oxygen atoms in total. The first-order chi connectivity index (χ1) is 14.5. The Hall–Kier alpha value is -2.66. The average Bonchev–Trinajstić information content (AvgIpc) is 2.77. The summed E-state index contributed by atoms with van der Waals surface area (Å²) in [5, 5.41) is 5.53. The summed E-state index contributed by atoms with van der Waals surface area (Å²) in [5.74, 6) is -0.476. The molecule has 0 aliphatic carbocycles. The molecule has 30 heavy (non-hydrogen) atoms. The summed E-state index contributed by atoms with van der Waals surface area (Å²) in [6.07, 6.45) is 1.82. The molecule has 0 aromatic heterocycles. The molecule has 0 aliphatic heterocycles. The molecule has 0 spiro atoms. The van der Waals surface area contributed by atoms with Crippen LogP contribution in [0.2, 0.25) is 0 Å². The number of hydrogen-bond donors (Lipinski definition) is 2. The van der Waals surface area contributed by atoms with Crippen molar-refractivity contribution >= 4 is 11.8 Å². The largest absolute Gasteiger partial charge is 0.448 e. The minimum atomic E-state index is -0.666. The van der Waals surface area contributed by atoms with Crippen LogP contribution in [0, 0.1) is 12.7 Å². The molecule has 0 saturated carbocycles. The van der Waals surface area contributed by atoms with Crippen LogP contribution in [0.15, 0.2) is 61.2 Å². The van der Waals surface area contributed by atoms with E-state index in [0.29, 0.717) is 0 Å². The van der Waals surface area contributed by atoms with E-state index in [-0.39, 0.29) is 18.3 Å². The Morgan fingerprint density at radius 1 is 1.13 bits per heavy atom. The summed E-state index contributed by atoms with van der Waals surface area (Å²) < 4.78 is 18.9. The number of ether oxygens (including phenoxy) is 1. The van der Waals surface area contributed by atoms with E-state index in [0.717, 1.165) is 17.5 Å². The Morgan fingerprint density at radius 3 is 2.20 bits per heavy atom. The van der Waals surface area contributed by atoms with Crippen molar-refractivity contribution in [3.63, 3.8) is 0 Å². The van der Waals surface area contributed by atoms with Crippen LogP contribution in [-0.2, 0) is 11.2 Å².